The van der Waals surface area contributed by atoms with Crippen LogP contribution in [0.15, 0.2) is 0 Å². The van der Waals surface area contributed by atoms with Gasteiger partial charge in [0, 0.05) is 18.9 Å². The van der Waals surface area contributed by atoms with Crippen molar-refractivity contribution in [3.05, 3.63) is 0 Å². The number of carbonyl (C=O) groups is 1. The molecule has 1 saturated carbocycles. The Morgan fingerprint density at radius 1 is 1.38 bits per heavy atom. The maximum atomic E-state index is 11.7. The summed E-state index contributed by atoms with van der Waals surface area (Å²) < 4.78 is 5.34. The van der Waals surface area contributed by atoms with Gasteiger partial charge in [-0.25, -0.2) is 0 Å². The summed E-state index contributed by atoms with van der Waals surface area (Å²) in [6.45, 7) is 3.95. The number of carbonyl (C=O) groups excluding carboxylic acids is 1. The Morgan fingerprint density at radius 2 is 2.23 bits per heavy atom. The van der Waals surface area contributed by atoms with Crippen molar-refractivity contribution in [2.45, 2.75) is 32.6 Å². The van der Waals surface area contributed by atoms with Gasteiger partial charge in [0.05, 0.1) is 6.61 Å². The molecule has 1 heterocycles. The van der Waals surface area contributed by atoms with Crippen LogP contribution in [-0.2, 0) is 9.53 Å². The summed E-state index contributed by atoms with van der Waals surface area (Å²) in [5, 5.41) is 0. The van der Waals surface area contributed by atoms with Gasteiger partial charge in [0.25, 0.3) is 0 Å². The quantitative estimate of drug-likeness (QED) is 0.620. The molecular weight excluding hydrogens is 164 g/mol. The lowest BCUT2D eigenvalue weighted by Crippen LogP contribution is -2.30. The Hall–Kier alpha value is -0.370. The topological polar surface area (TPSA) is 26.3 Å². The lowest BCUT2D eigenvalue weighted by Gasteiger charge is -2.29. The summed E-state index contributed by atoms with van der Waals surface area (Å²) in [6.07, 6.45) is 4.11. The highest BCUT2D eigenvalue weighted by Crippen LogP contribution is 2.34. The van der Waals surface area contributed by atoms with Crippen LogP contribution in [0.2, 0.25) is 0 Å². The molecule has 2 aliphatic rings. The fraction of sp³-hybridized carbons (Fsp3) is 0.909. The molecule has 3 atom stereocenters. The van der Waals surface area contributed by atoms with Crippen molar-refractivity contribution < 1.29 is 9.53 Å². The van der Waals surface area contributed by atoms with Crippen molar-refractivity contribution in [2.24, 2.45) is 17.8 Å². The zero-order chi connectivity index (χ0) is 9.26. The average Bonchev–Trinajstić information content (AvgIpc) is 2.61. The van der Waals surface area contributed by atoms with E-state index in [0.29, 0.717) is 17.6 Å². The highest BCUT2D eigenvalue weighted by atomic mass is 16.5. The summed E-state index contributed by atoms with van der Waals surface area (Å²) in [7, 11) is 0. The minimum absolute atomic E-state index is 0.325. The Labute approximate surface area is 79.7 Å². The smallest absolute Gasteiger partial charge is 0.136 e. The predicted molar refractivity (Wildman–Crippen MR) is 50.4 cm³/mol. The molecule has 2 rings (SSSR count). The van der Waals surface area contributed by atoms with E-state index in [2.05, 4.69) is 6.92 Å². The van der Waals surface area contributed by atoms with Crippen molar-refractivity contribution >= 4 is 5.78 Å². The van der Waals surface area contributed by atoms with Gasteiger partial charge < -0.3 is 4.74 Å². The third kappa shape index (κ3) is 1.93. The second-order valence-corrected chi connectivity index (χ2v) is 4.58. The molecule has 0 aromatic heterocycles. The Kier molecular flexibility index (Phi) is 2.68. The van der Waals surface area contributed by atoms with Gasteiger partial charge in [-0.15, -0.1) is 0 Å². The van der Waals surface area contributed by atoms with Crippen LogP contribution in [0.3, 0.4) is 0 Å². The summed E-state index contributed by atoms with van der Waals surface area (Å²) in [5.74, 6) is 2.10. The monoisotopic (exact) mass is 182 g/mol. The van der Waals surface area contributed by atoms with Gasteiger partial charge in [0.2, 0.25) is 0 Å². The first-order chi connectivity index (χ1) is 6.27. The molecule has 1 saturated heterocycles. The first-order valence-electron chi connectivity index (χ1n) is 5.38. The van der Waals surface area contributed by atoms with Crippen LogP contribution < -0.4 is 0 Å². The van der Waals surface area contributed by atoms with E-state index in [1.54, 1.807) is 0 Å². The molecule has 0 N–H and O–H groups in total. The van der Waals surface area contributed by atoms with E-state index in [1.807, 2.05) is 0 Å². The molecule has 2 nitrogen and oxygen atoms in total. The second-order valence-electron chi connectivity index (χ2n) is 4.58. The van der Waals surface area contributed by atoms with Gasteiger partial charge in [0.15, 0.2) is 0 Å². The highest BCUT2D eigenvalue weighted by Gasteiger charge is 2.34. The van der Waals surface area contributed by atoms with Crippen LogP contribution >= 0.6 is 0 Å². The normalized spacial score (nSPS) is 41.0. The second kappa shape index (κ2) is 3.79. The number of ether oxygens (including phenoxy) is 1. The van der Waals surface area contributed by atoms with Crippen LogP contribution in [0.25, 0.3) is 0 Å². The third-order valence-electron chi connectivity index (χ3n) is 3.49. The fourth-order valence-corrected chi connectivity index (χ4v) is 2.58. The molecular formula is C11H18O2. The first kappa shape index (κ1) is 9.20. The lowest BCUT2D eigenvalue weighted by atomic mass is 9.74. The van der Waals surface area contributed by atoms with E-state index < -0.39 is 0 Å². The van der Waals surface area contributed by atoms with Gasteiger partial charge in [-0.3, -0.25) is 4.79 Å². The van der Waals surface area contributed by atoms with Crippen LogP contribution in [0.4, 0.5) is 0 Å². The van der Waals surface area contributed by atoms with Gasteiger partial charge in [-0.05, 0) is 31.1 Å². The molecule has 0 radical (unpaired) electrons. The molecule has 0 spiro atoms. The number of hydrogen-bond donors (Lipinski definition) is 0. The number of ketones is 1. The van der Waals surface area contributed by atoms with Crippen molar-refractivity contribution in [2.75, 3.05) is 13.2 Å². The lowest BCUT2D eigenvalue weighted by molar-refractivity contribution is -0.127. The molecule has 0 bridgehead atoms. The summed E-state index contributed by atoms with van der Waals surface area (Å²) >= 11 is 0. The molecule has 74 valence electrons. The Bertz CT molecular complexity index is 194. The molecule has 3 unspecified atom stereocenters. The standard InChI is InChI=1S/C11H18O2/c1-8-2-3-11(12)10(6-8)9-4-5-13-7-9/h8-10H,2-7H2,1H3. The van der Waals surface area contributed by atoms with E-state index in [0.717, 1.165) is 44.8 Å². The largest absolute Gasteiger partial charge is 0.381 e. The molecule has 2 fully saturated rings. The number of hydrogen-bond acceptors (Lipinski definition) is 2. The molecule has 0 amide bonds. The van der Waals surface area contributed by atoms with Gasteiger partial charge in [-0.2, -0.15) is 0 Å². The summed E-state index contributed by atoms with van der Waals surface area (Å²) in [4.78, 5) is 11.7. The van der Waals surface area contributed by atoms with E-state index in [-0.39, 0.29) is 0 Å². The van der Waals surface area contributed by atoms with Crippen LogP contribution in [-0.4, -0.2) is 19.0 Å². The molecule has 13 heavy (non-hydrogen) atoms. The summed E-state index contributed by atoms with van der Waals surface area (Å²) in [6, 6.07) is 0. The SMILES string of the molecule is CC1CCC(=O)C(C2CCOC2)C1. The van der Waals surface area contributed by atoms with E-state index in [1.165, 1.54) is 0 Å². The maximum absolute atomic E-state index is 11.7. The number of Topliss-reactive ketones (excluding diaryl/α,β-unsaturated/α-hetero) is 1. The Morgan fingerprint density at radius 3 is 2.92 bits per heavy atom. The van der Waals surface area contributed by atoms with Crippen LogP contribution in [0.5, 0.6) is 0 Å². The third-order valence-corrected chi connectivity index (χ3v) is 3.49. The molecule has 1 aliphatic carbocycles. The van der Waals surface area contributed by atoms with E-state index in [4.69, 9.17) is 4.74 Å². The molecule has 2 heteroatoms. The first-order valence-corrected chi connectivity index (χ1v) is 5.38. The fourth-order valence-electron chi connectivity index (χ4n) is 2.58. The average molecular weight is 182 g/mol. The summed E-state index contributed by atoms with van der Waals surface area (Å²) in [5.41, 5.74) is 0. The minimum Gasteiger partial charge on any atom is -0.381 e. The van der Waals surface area contributed by atoms with Crippen LogP contribution in [0.1, 0.15) is 32.6 Å². The van der Waals surface area contributed by atoms with E-state index >= 15 is 0 Å². The molecule has 0 aromatic carbocycles. The van der Waals surface area contributed by atoms with Crippen molar-refractivity contribution in [1.29, 1.82) is 0 Å². The van der Waals surface area contributed by atoms with Gasteiger partial charge in [-0.1, -0.05) is 6.92 Å². The molecule has 0 aromatic rings. The van der Waals surface area contributed by atoms with Crippen molar-refractivity contribution in [3.8, 4) is 0 Å². The zero-order valence-corrected chi connectivity index (χ0v) is 8.29. The zero-order valence-electron chi connectivity index (χ0n) is 8.29. The molecule has 1 aliphatic heterocycles. The predicted octanol–water partition coefficient (Wildman–Crippen LogP) is 2.03. The minimum atomic E-state index is 0.325. The highest BCUT2D eigenvalue weighted by molar-refractivity contribution is 5.82. The Balaban J connectivity index is 1.98. The van der Waals surface area contributed by atoms with Gasteiger partial charge >= 0.3 is 0 Å². The van der Waals surface area contributed by atoms with E-state index in [9.17, 15) is 4.79 Å². The van der Waals surface area contributed by atoms with Gasteiger partial charge in [0.1, 0.15) is 5.78 Å². The van der Waals surface area contributed by atoms with Crippen molar-refractivity contribution in [3.63, 3.8) is 0 Å². The number of rotatable bonds is 1. The van der Waals surface area contributed by atoms with Crippen LogP contribution in [0, 0.1) is 17.8 Å². The maximum Gasteiger partial charge on any atom is 0.136 e. The van der Waals surface area contributed by atoms with Crippen molar-refractivity contribution in [1.82, 2.24) is 0 Å².